The molecule has 0 aromatic heterocycles. The lowest BCUT2D eigenvalue weighted by atomic mass is 10.0. The lowest BCUT2D eigenvalue weighted by molar-refractivity contribution is -0.141. The van der Waals surface area contributed by atoms with Crippen LogP contribution in [0.2, 0.25) is 0 Å². The van der Waals surface area contributed by atoms with Crippen molar-refractivity contribution in [2.45, 2.75) is 38.4 Å². The summed E-state index contributed by atoms with van der Waals surface area (Å²) in [6.07, 6.45) is 1.36. The fourth-order valence-electron chi connectivity index (χ4n) is 4.52. The van der Waals surface area contributed by atoms with Crippen molar-refractivity contribution in [1.82, 2.24) is 10.2 Å². The molecule has 5 heteroatoms. The van der Waals surface area contributed by atoms with Crippen molar-refractivity contribution in [3.63, 3.8) is 0 Å². The smallest absolute Gasteiger partial charge is 0.243 e. The van der Waals surface area contributed by atoms with E-state index in [-0.39, 0.29) is 11.8 Å². The van der Waals surface area contributed by atoms with Gasteiger partial charge in [0.1, 0.15) is 11.8 Å². The summed E-state index contributed by atoms with van der Waals surface area (Å²) in [7, 11) is 1.62. The second-order valence-electron chi connectivity index (χ2n) is 9.23. The summed E-state index contributed by atoms with van der Waals surface area (Å²) in [5, 5.41) is 3.08. The largest absolute Gasteiger partial charge is 0.496 e. The van der Waals surface area contributed by atoms with Gasteiger partial charge in [-0.15, -0.1) is 0 Å². The van der Waals surface area contributed by atoms with Gasteiger partial charge in [0.2, 0.25) is 11.8 Å². The second-order valence-corrected chi connectivity index (χ2v) is 9.23. The van der Waals surface area contributed by atoms with E-state index in [0.717, 1.165) is 22.3 Å². The molecular formula is C33H34N2O3. The van der Waals surface area contributed by atoms with Gasteiger partial charge in [0.15, 0.2) is 0 Å². The predicted molar refractivity (Wildman–Crippen MR) is 151 cm³/mol. The Kier molecular flexibility index (Phi) is 9.69. The van der Waals surface area contributed by atoms with E-state index in [1.807, 2.05) is 115 Å². The van der Waals surface area contributed by atoms with E-state index in [4.69, 9.17) is 4.74 Å². The number of nitrogens with one attached hydrogen (secondary N) is 1. The summed E-state index contributed by atoms with van der Waals surface area (Å²) in [6, 6.07) is 36.6. The van der Waals surface area contributed by atoms with Crippen molar-refractivity contribution >= 4 is 11.8 Å². The number of hydrogen-bond acceptors (Lipinski definition) is 3. The number of benzene rings is 4. The minimum absolute atomic E-state index is 0.0499. The molecule has 38 heavy (non-hydrogen) atoms. The Morgan fingerprint density at radius 3 is 1.92 bits per heavy atom. The number of nitrogens with zero attached hydrogens (tertiary/aromatic N) is 1. The maximum Gasteiger partial charge on any atom is 0.243 e. The minimum atomic E-state index is -0.671. The molecule has 0 spiro atoms. The first kappa shape index (κ1) is 26.7. The Balaban J connectivity index is 1.60. The van der Waals surface area contributed by atoms with Gasteiger partial charge in [-0.25, -0.2) is 0 Å². The topological polar surface area (TPSA) is 58.6 Å². The van der Waals surface area contributed by atoms with Crippen molar-refractivity contribution in [2.75, 3.05) is 7.11 Å². The van der Waals surface area contributed by atoms with Crippen LogP contribution in [0.3, 0.4) is 0 Å². The zero-order valence-corrected chi connectivity index (χ0v) is 21.8. The molecule has 194 valence electrons. The molecule has 0 radical (unpaired) electrons. The van der Waals surface area contributed by atoms with Gasteiger partial charge in [-0.3, -0.25) is 9.59 Å². The van der Waals surface area contributed by atoms with E-state index in [1.165, 1.54) is 0 Å². The van der Waals surface area contributed by atoms with Crippen molar-refractivity contribution in [3.05, 3.63) is 138 Å². The van der Waals surface area contributed by atoms with Crippen molar-refractivity contribution < 1.29 is 14.3 Å². The van der Waals surface area contributed by atoms with Crippen LogP contribution in [-0.2, 0) is 35.5 Å². The third kappa shape index (κ3) is 7.56. The van der Waals surface area contributed by atoms with Crippen LogP contribution in [-0.4, -0.2) is 29.9 Å². The van der Waals surface area contributed by atoms with E-state index in [1.54, 1.807) is 12.0 Å². The molecule has 0 saturated heterocycles. The number of carbonyl (C=O) groups excluding carboxylic acids is 2. The van der Waals surface area contributed by atoms with Gasteiger partial charge < -0.3 is 15.0 Å². The van der Waals surface area contributed by atoms with Crippen LogP contribution in [0.1, 0.15) is 28.7 Å². The highest BCUT2D eigenvalue weighted by molar-refractivity contribution is 5.88. The van der Waals surface area contributed by atoms with E-state index < -0.39 is 6.04 Å². The molecule has 0 unspecified atom stereocenters. The van der Waals surface area contributed by atoms with E-state index in [0.29, 0.717) is 38.1 Å². The SMILES string of the molecule is COc1ccccc1CNC(=O)[C@H](Cc1ccccc1)N(Cc1ccccc1)C(=O)CCc1ccccc1. The molecule has 4 aromatic rings. The average molecular weight is 507 g/mol. The summed E-state index contributed by atoms with van der Waals surface area (Å²) in [5.41, 5.74) is 3.96. The van der Waals surface area contributed by atoms with E-state index >= 15 is 0 Å². The standard InChI is InChI=1S/C33H34N2O3/c1-38-31-20-12-11-19-29(31)24-34-33(37)30(23-27-15-7-3-8-16-27)35(25-28-17-9-4-10-18-28)32(36)22-21-26-13-5-2-6-14-26/h2-20,30H,21-25H2,1H3,(H,34,37)/t30-/m0/s1. The van der Waals surface area contributed by atoms with Gasteiger partial charge >= 0.3 is 0 Å². The van der Waals surface area contributed by atoms with Gasteiger partial charge in [0.25, 0.3) is 0 Å². The first-order valence-electron chi connectivity index (χ1n) is 12.9. The molecule has 0 fully saturated rings. The third-order valence-electron chi connectivity index (χ3n) is 6.58. The average Bonchev–Trinajstić information content (AvgIpc) is 2.98. The molecule has 1 atom stereocenters. The molecule has 0 aliphatic rings. The van der Waals surface area contributed by atoms with Crippen LogP contribution < -0.4 is 10.1 Å². The molecule has 4 rings (SSSR count). The molecule has 0 aliphatic heterocycles. The number of rotatable bonds is 12. The maximum absolute atomic E-state index is 13.8. The Morgan fingerprint density at radius 2 is 1.29 bits per heavy atom. The van der Waals surface area contributed by atoms with Gasteiger partial charge in [0, 0.05) is 31.5 Å². The first-order valence-corrected chi connectivity index (χ1v) is 12.9. The number of hydrogen-bond donors (Lipinski definition) is 1. The molecule has 0 bridgehead atoms. The maximum atomic E-state index is 13.8. The molecule has 0 saturated carbocycles. The Hall–Kier alpha value is -4.38. The zero-order chi connectivity index (χ0) is 26.6. The molecule has 4 aromatic carbocycles. The Morgan fingerprint density at radius 1 is 0.737 bits per heavy atom. The molecule has 0 aliphatic carbocycles. The molecular weight excluding hydrogens is 472 g/mol. The van der Waals surface area contributed by atoms with Gasteiger partial charge in [-0.2, -0.15) is 0 Å². The van der Waals surface area contributed by atoms with Crippen LogP contribution in [0.15, 0.2) is 115 Å². The number of carbonyl (C=O) groups is 2. The summed E-state index contributed by atoms with van der Waals surface area (Å²) in [6.45, 7) is 0.666. The predicted octanol–water partition coefficient (Wildman–Crippen LogP) is 5.58. The summed E-state index contributed by atoms with van der Waals surface area (Å²) >= 11 is 0. The van der Waals surface area contributed by atoms with Crippen LogP contribution in [0, 0.1) is 0 Å². The number of aryl methyl sites for hydroxylation is 1. The van der Waals surface area contributed by atoms with Crippen LogP contribution in [0.5, 0.6) is 5.75 Å². The summed E-state index contributed by atoms with van der Waals surface area (Å²) in [5.74, 6) is 0.474. The summed E-state index contributed by atoms with van der Waals surface area (Å²) < 4.78 is 5.46. The number of amides is 2. The van der Waals surface area contributed by atoms with Gasteiger partial charge in [0.05, 0.1) is 7.11 Å². The van der Waals surface area contributed by atoms with Crippen molar-refractivity contribution in [1.29, 1.82) is 0 Å². The fraction of sp³-hybridized carbons (Fsp3) is 0.212. The first-order chi connectivity index (χ1) is 18.6. The minimum Gasteiger partial charge on any atom is -0.496 e. The highest BCUT2D eigenvalue weighted by Crippen LogP contribution is 2.19. The van der Waals surface area contributed by atoms with Crippen LogP contribution >= 0.6 is 0 Å². The summed E-state index contributed by atoms with van der Waals surface area (Å²) in [4.78, 5) is 29.3. The highest BCUT2D eigenvalue weighted by Gasteiger charge is 2.30. The fourth-order valence-corrected chi connectivity index (χ4v) is 4.52. The second kappa shape index (κ2) is 13.8. The van der Waals surface area contributed by atoms with Crippen molar-refractivity contribution in [3.8, 4) is 5.75 Å². The third-order valence-corrected chi connectivity index (χ3v) is 6.58. The van der Waals surface area contributed by atoms with Crippen LogP contribution in [0.4, 0.5) is 0 Å². The van der Waals surface area contributed by atoms with Crippen LogP contribution in [0.25, 0.3) is 0 Å². The zero-order valence-electron chi connectivity index (χ0n) is 21.8. The highest BCUT2D eigenvalue weighted by atomic mass is 16.5. The quantitative estimate of drug-likeness (QED) is 0.273. The van der Waals surface area contributed by atoms with Gasteiger partial charge in [-0.05, 0) is 29.2 Å². The Bertz CT molecular complexity index is 1290. The normalized spacial score (nSPS) is 11.4. The molecule has 2 amide bonds. The van der Waals surface area contributed by atoms with E-state index in [9.17, 15) is 9.59 Å². The lowest BCUT2D eigenvalue weighted by Crippen LogP contribution is -2.50. The number of para-hydroxylation sites is 1. The Labute approximate surface area is 225 Å². The molecule has 1 N–H and O–H groups in total. The molecule has 5 nitrogen and oxygen atoms in total. The molecule has 0 heterocycles. The van der Waals surface area contributed by atoms with Crippen molar-refractivity contribution in [2.24, 2.45) is 0 Å². The monoisotopic (exact) mass is 506 g/mol. The van der Waals surface area contributed by atoms with Gasteiger partial charge in [-0.1, -0.05) is 109 Å². The number of methoxy groups -OCH3 is 1. The number of ether oxygens (including phenoxy) is 1. The van der Waals surface area contributed by atoms with E-state index in [2.05, 4.69) is 5.32 Å². The lowest BCUT2D eigenvalue weighted by Gasteiger charge is -2.32.